The lowest BCUT2D eigenvalue weighted by Crippen LogP contribution is -2.20. The van der Waals surface area contributed by atoms with Crippen LogP contribution < -0.4 is 9.47 Å². The largest absolute Gasteiger partial charge is 0.423 e. The van der Waals surface area contributed by atoms with E-state index in [0.717, 1.165) is 22.3 Å². The van der Waals surface area contributed by atoms with Crippen LogP contribution in [-0.4, -0.2) is 11.9 Å². The van der Waals surface area contributed by atoms with Crippen LogP contribution in [-0.2, 0) is 15.0 Å². The molecule has 0 spiro atoms. The monoisotopic (exact) mass is 448 g/mol. The predicted molar refractivity (Wildman–Crippen MR) is 134 cm³/mol. The lowest BCUT2D eigenvalue weighted by molar-refractivity contribution is -0.131. The van der Waals surface area contributed by atoms with Crippen LogP contribution in [0.15, 0.2) is 60.7 Å². The fourth-order valence-corrected chi connectivity index (χ4v) is 3.50. The molecule has 0 aliphatic heterocycles. The highest BCUT2D eigenvalue weighted by molar-refractivity contribution is 5.89. The second-order valence-corrected chi connectivity index (χ2v) is 9.78. The van der Waals surface area contributed by atoms with E-state index in [9.17, 15) is 9.59 Å². The van der Waals surface area contributed by atoms with Crippen molar-refractivity contribution >= 4 is 11.9 Å². The maximum atomic E-state index is 12.1. The van der Waals surface area contributed by atoms with Crippen molar-refractivity contribution in [2.75, 3.05) is 0 Å². The quantitative estimate of drug-likeness (QED) is 0.243. The summed E-state index contributed by atoms with van der Waals surface area (Å²) < 4.78 is 11.1. The molecule has 4 nitrogen and oxygen atoms in total. The van der Waals surface area contributed by atoms with Gasteiger partial charge in [0, 0.05) is 16.6 Å². The summed E-state index contributed by atoms with van der Waals surface area (Å²) in [6.45, 7) is 23.2. The molecule has 0 fully saturated rings. The van der Waals surface area contributed by atoms with Gasteiger partial charge in [-0.3, -0.25) is 0 Å². The molecule has 0 saturated heterocycles. The van der Waals surface area contributed by atoms with E-state index in [0.29, 0.717) is 22.6 Å². The Morgan fingerprint density at radius 1 is 0.727 bits per heavy atom. The number of hydrogen-bond acceptors (Lipinski definition) is 4. The molecule has 0 amide bonds. The predicted octanol–water partition coefficient (Wildman–Crippen LogP) is 7.22. The number of rotatable bonds is 8. The van der Waals surface area contributed by atoms with Crippen LogP contribution in [0.1, 0.15) is 89.5 Å². The van der Waals surface area contributed by atoms with Gasteiger partial charge >= 0.3 is 11.9 Å². The molecule has 0 bridgehead atoms. The van der Waals surface area contributed by atoms with Crippen LogP contribution in [0.4, 0.5) is 0 Å². The fraction of sp³-hybridized carbons (Fsp3) is 0.379. The number of carbonyl (C=O) groups excluding carboxylic acids is 2. The van der Waals surface area contributed by atoms with Crippen LogP contribution in [0.3, 0.4) is 0 Å². The Balaban J connectivity index is 2.52. The molecule has 0 saturated carbocycles. The van der Waals surface area contributed by atoms with E-state index < -0.39 is 11.9 Å². The summed E-state index contributed by atoms with van der Waals surface area (Å²) in [6.07, 6.45) is 0. The average molecular weight is 449 g/mol. The van der Waals surface area contributed by atoms with E-state index in [4.69, 9.17) is 9.47 Å². The molecule has 0 atom stereocenters. The Kier molecular flexibility index (Phi) is 8.07. The summed E-state index contributed by atoms with van der Waals surface area (Å²) in [5, 5.41) is 0. The van der Waals surface area contributed by atoms with Gasteiger partial charge in [-0.05, 0) is 60.1 Å². The molecule has 0 radical (unpaired) electrons. The number of benzene rings is 2. The third-order valence-electron chi connectivity index (χ3n) is 5.81. The Labute approximate surface area is 198 Å². The molecular formula is C29H36O4. The summed E-state index contributed by atoms with van der Waals surface area (Å²) in [6, 6.07) is 11.9. The van der Waals surface area contributed by atoms with Gasteiger partial charge in [0.2, 0.25) is 0 Å². The van der Waals surface area contributed by atoms with Crippen molar-refractivity contribution in [1.29, 1.82) is 0 Å². The van der Waals surface area contributed by atoms with Crippen molar-refractivity contribution in [2.24, 2.45) is 0 Å². The first-order valence-corrected chi connectivity index (χ1v) is 11.3. The first-order valence-electron chi connectivity index (χ1n) is 11.3. The summed E-state index contributed by atoms with van der Waals surface area (Å²) in [5.74, 6) is 0.605. The van der Waals surface area contributed by atoms with Crippen LogP contribution in [0.5, 0.6) is 11.5 Å². The summed E-state index contributed by atoms with van der Waals surface area (Å²) >= 11 is 0. The third kappa shape index (κ3) is 6.01. The van der Waals surface area contributed by atoms with Crippen molar-refractivity contribution in [3.63, 3.8) is 0 Å². The van der Waals surface area contributed by atoms with Crippen LogP contribution in [0.2, 0.25) is 0 Å². The van der Waals surface area contributed by atoms with Crippen LogP contribution in [0, 0.1) is 0 Å². The molecule has 0 aromatic heterocycles. The second-order valence-electron chi connectivity index (χ2n) is 9.78. The van der Waals surface area contributed by atoms with Crippen molar-refractivity contribution in [3.05, 3.63) is 83.0 Å². The molecule has 0 aliphatic rings. The lowest BCUT2D eigenvalue weighted by Gasteiger charge is -2.29. The van der Waals surface area contributed by atoms with Crippen molar-refractivity contribution in [1.82, 2.24) is 0 Å². The molecule has 0 aliphatic carbocycles. The van der Waals surface area contributed by atoms with Crippen molar-refractivity contribution in [2.45, 2.75) is 72.6 Å². The zero-order valence-electron chi connectivity index (χ0n) is 21.2. The highest BCUT2D eigenvalue weighted by Gasteiger charge is 2.27. The van der Waals surface area contributed by atoms with E-state index >= 15 is 0 Å². The standard InChI is InChI=1S/C29H36O4/c1-17(2)23-15-21(11-13-25(23)32-27(30)19(5)6)29(9,10)22-12-14-26(24(16-22)18(3)4)33-28(31)20(7)8/h11-18H,5,7H2,1-4,6,8-10H3. The van der Waals surface area contributed by atoms with Crippen LogP contribution in [0.25, 0.3) is 0 Å². The molecule has 176 valence electrons. The van der Waals surface area contributed by atoms with Gasteiger partial charge in [-0.2, -0.15) is 0 Å². The van der Waals surface area contributed by atoms with E-state index in [2.05, 4.69) is 66.8 Å². The SMILES string of the molecule is C=C(C)C(=O)Oc1ccc(C(C)(C)c2ccc(OC(=O)C(=C)C)c(C(C)C)c2)cc1C(C)C. The molecular weight excluding hydrogens is 412 g/mol. The summed E-state index contributed by atoms with van der Waals surface area (Å²) in [4.78, 5) is 24.2. The van der Waals surface area contributed by atoms with Gasteiger partial charge in [-0.1, -0.05) is 79.0 Å². The van der Waals surface area contributed by atoms with Gasteiger partial charge in [0.15, 0.2) is 0 Å². The Hall–Kier alpha value is -3.14. The molecule has 33 heavy (non-hydrogen) atoms. The highest BCUT2D eigenvalue weighted by atomic mass is 16.5. The summed E-state index contributed by atoms with van der Waals surface area (Å²) in [7, 11) is 0. The maximum absolute atomic E-state index is 12.1. The van der Waals surface area contributed by atoms with Crippen molar-refractivity contribution < 1.29 is 19.1 Å². The minimum atomic E-state index is -0.426. The van der Waals surface area contributed by atoms with E-state index in [1.807, 2.05) is 24.3 Å². The van der Waals surface area contributed by atoms with E-state index in [-0.39, 0.29) is 17.3 Å². The molecule has 0 N–H and O–H groups in total. The highest BCUT2D eigenvalue weighted by Crippen LogP contribution is 2.39. The Morgan fingerprint density at radius 2 is 1.06 bits per heavy atom. The first kappa shape index (κ1) is 26.1. The fourth-order valence-electron chi connectivity index (χ4n) is 3.50. The minimum Gasteiger partial charge on any atom is -0.423 e. The minimum absolute atomic E-state index is 0.170. The number of ether oxygens (including phenoxy) is 2. The number of esters is 2. The van der Waals surface area contributed by atoms with Gasteiger partial charge < -0.3 is 9.47 Å². The molecule has 0 unspecified atom stereocenters. The molecule has 0 heterocycles. The van der Waals surface area contributed by atoms with E-state index in [1.165, 1.54) is 0 Å². The summed E-state index contributed by atoms with van der Waals surface area (Å²) in [5.41, 5.74) is 4.52. The van der Waals surface area contributed by atoms with Gasteiger partial charge in [-0.25, -0.2) is 9.59 Å². The smallest absolute Gasteiger partial charge is 0.338 e. The molecule has 2 rings (SSSR count). The maximum Gasteiger partial charge on any atom is 0.338 e. The van der Waals surface area contributed by atoms with Crippen LogP contribution >= 0.6 is 0 Å². The topological polar surface area (TPSA) is 52.6 Å². The Morgan fingerprint density at radius 3 is 1.33 bits per heavy atom. The zero-order valence-corrected chi connectivity index (χ0v) is 21.2. The Bertz CT molecular complexity index is 1000. The third-order valence-corrected chi connectivity index (χ3v) is 5.81. The molecule has 2 aromatic rings. The normalized spacial score (nSPS) is 11.5. The molecule has 4 heteroatoms. The van der Waals surface area contributed by atoms with Gasteiger partial charge in [0.05, 0.1) is 0 Å². The van der Waals surface area contributed by atoms with Crippen molar-refractivity contribution in [3.8, 4) is 11.5 Å². The number of carbonyl (C=O) groups is 2. The second kappa shape index (κ2) is 10.2. The van der Waals surface area contributed by atoms with Gasteiger partial charge in [-0.15, -0.1) is 0 Å². The molecule has 2 aromatic carbocycles. The van der Waals surface area contributed by atoms with E-state index in [1.54, 1.807) is 13.8 Å². The lowest BCUT2D eigenvalue weighted by atomic mass is 9.76. The average Bonchev–Trinajstić information content (AvgIpc) is 2.73. The van der Waals surface area contributed by atoms with Gasteiger partial charge in [0.25, 0.3) is 0 Å². The number of hydrogen-bond donors (Lipinski definition) is 0. The van der Waals surface area contributed by atoms with Gasteiger partial charge in [0.1, 0.15) is 11.5 Å². The first-order chi connectivity index (χ1) is 15.2. The zero-order chi connectivity index (χ0) is 25.1.